The predicted molar refractivity (Wildman–Crippen MR) is 120 cm³/mol. The highest BCUT2D eigenvalue weighted by molar-refractivity contribution is 7.80. The number of rotatable bonds is 2. The van der Waals surface area contributed by atoms with Crippen LogP contribution in [-0.4, -0.2) is 42.8 Å². The summed E-state index contributed by atoms with van der Waals surface area (Å²) in [4.78, 5) is 4.58. The quantitative estimate of drug-likeness (QED) is 0.601. The van der Waals surface area contributed by atoms with Crippen LogP contribution in [0.2, 0.25) is 0 Å². The number of thiocarbonyl (C=S) groups is 1. The van der Waals surface area contributed by atoms with Gasteiger partial charge in [-0.15, -0.1) is 0 Å². The minimum atomic E-state index is 0.755. The number of piperazine rings is 1. The van der Waals surface area contributed by atoms with Gasteiger partial charge in [0.2, 0.25) is 0 Å². The largest absolute Gasteiger partial charge is 0.493 e. The van der Waals surface area contributed by atoms with Gasteiger partial charge in [-0.25, -0.2) is 0 Å². The molecule has 4 rings (SSSR count). The van der Waals surface area contributed by atoms with E-state index in [1.54, 1.807) is 0 Å². The van der Waals surface area contributed by atoms with Crippen LogP contribution in [0.1, 0.15) is 18.4 Å². The fourth-order valence-electron chi connectivity index (χ4n) is 3.72. The Morgan fingerprint density at radius 3 is 2.71 bits per heavy atom. The van der Waals surface area contributed by atoms with Gasteiger partial charge in [0.15, 0.2) is 5.11 Å². The van der Waals surface area contributed by atoms with Gasteiger partial charge in [-0.1, -0.05) is 24.3 Å². The molecule has 2 aromatic rings. The van der Waals surface area contributed by atoms with Crippen LogP contribution < -0.4 is 20.7 Å². The molecule has 0 amide bonds. The monoisotopic (exact) mass is 394 g/mol. The first-order valence-corrected chi connectivity index (χ1v) is 10.2. The molecule has 146 valence electrons. The molecule has 3 N–H and O–H groups in total. The van der Waals surface area contributed by atoms with Crippen LogP contribution in [0.15, 0.2) is 54.7 Å². The molecule has 2 heterocycles. The van der Waals surface area contributed by atoms with E-state index in [0.717, 1.165) is 67.7 Å². The lowest BCUT2D eigenvalue weighted by Gasteiger charge is -2.37. The minimum Gasteiger partial charge on any atom is -0.493 e. The van der Waals surface area contributed by atoms with E-state index in [1.165, 1.54) is 11.3 Å². The van der Waals surface area contributed by atoms with Crippen LogP contribution in [0.3, 0.4) is 0 Å². The normalized spacial score (nSPS) is 18.2. The van der Waals surface area contributed by atoms with Crippen LogP contribution in [0.5, 0.6) is 5.75 Å². The molecule has 6 heteroatoms. The third kappa shape index (κ3) is 4.22. The van der Waals surface area contributed by atoms with E-state index >= 15 is 0 Å². The number of para-hydroxylation sites is 1. The highest BCUT2D eigenvalue weighted by Crippen LogP contribution is 2.31. The first kappa shape index (κ1) is 18.6. The minimum absolute atomic E-state index is 0.755. The van der Waals surface area contributed by atoms with Gasteiger partial charge in [0.1, 0.15) is 5.75 Å². The molecule has 0 aliphatic carbocycles. The molecule has 0 radical (unpaired) electrons. The molecule has 28 heavy (non-hydrogen) atoms. The summed E-state index contributed by atoms with van der Waals surface area (Å²) in [6.45, 7) is 4.40. The number of hydrogen-bond donors (Lipinski definition) is 2. The number of nitrogen functional groups attached to an aromatic ring is 1. The Morgan fingerprint density at radius 2 is 1.89 bits per heavy atom. The fraction of sp³-hybridized carbons (Fsp3) is 0.318. The maximum absolute atomic E-state index is 5.91. The Hall–Kier alpha value is -2.73. The highest BCUT2D eigenvalue weighted by Gasteiger charge is 2.19. The fourth-order valence-corrected chi connectivity index (χ4v) is 3.96. The molecule has 0 atom stereocenters. The van der Waals surface area contributed by atoms with E-state index in [2.05, 4.69) is 39.5 Å². The summed E-state index contributed by atoms with van der Waals surface area (Å²) in [6, 6.07) is 16.3. The topological polar surface area (TPSA) is 53.8 Å². The Bertz CT molecular complexity index is 874. The number of nitrogens with one attached hydrogen (secondary N) is 1. The van der Waals surface area contributed by atoms with E-state index in [1.807, 2.05) is 30.3 Å². The number of anilines is 2. The standard InChI is InChI=1S/C22H26N4OS/c23-18-6-3-7-19(15-18)25-10-12-26(13-11-25)22(28)24-16-17-5-4-14-27-21-9-2-1-8-20(17)21/h1-3,6-9,15-16H,4-5,10-14,23H2,(H,24,28)/b17-16-. The van der Waals surface area contributed by atoms with Crippen LogP contribution in [0.25, 0.3) is 5.57 Å². The van der Waals surface area contributed by atoms with Crippen LogP contribution >= 0.6 is 12.2 Å². The van der Waals surface area contributed by atoms with Gasteiger partial charge >= 0.3 is 0 Å². The number of nitrogens with zero attached hydrogens (tertiary/aromatic N) is 2. The lowest BCUT2D eigenvalue weighted by atomic mass is 10.0. The van der Waals surface area contributed by atoms with E-state index in [9.17, 15) is 0 Å². The molecular weight excluding hydrogens is 368 g/mol. The summed E-state index contributed by atoms with van der Waals surface area (Å²) in [5.41, 5.74) is 10.3. The predicted octanol–water partition coefficient (Wildman–Crippen LogP) is 3.48. The number of ether oxygens (including phenoxy) is 1. The van der Waals surface area contributed by atoms with Gasteiger partial charge in [-0.2, -0.15) is 0 Å². The second-order valence-corrected chi connectivity index (χ2v) is 7.52. The summed E-state index contributed by atoms with van der Waals surface area (Å²) < 4.78 is 5.84. The molecule has 0 bridgehead atoms. The molecule has 1 saturated heterocycles. The lowest BCUT2D eigenvalue weighted by Crippen LogP contribution is -2.51. The number of fused-ring (bicyclic) bond motifs is 1. The summed E-state index contributed by atoms with van der Waals surface area (Å²) in [5.74, 6) is 0.953. The van der Waals surface area contributed by atoms with Gasteiger partial charge < -0.3 is 25.6 Å². The smallest absolute Gasteiger partial charge is 0.173 e. The Morgan fingerprint density at radius 1 is 1.07 bits per heavy atom. The molecule has 2 aromatic carbocycles. The van der Waals surface area contributed by atoms with Crippen molar-refractivity contribution in [2.45, 2.75) is 12.8 Å². The summed E-state index contributed by atoms with van der Waals surface area (Å²) in [5, 5.41) is 4.14. The zero-order chi connectivity index (χ0) is 19.3. The van der Waals surface area contributed by atoms with Crippen LogP contribution in [0.4, 0.5) is 11.4 Å². The third-order valence-electron chi connectivity index (χ3n) is 5.25. The van der Waals surface area contributed by atoms with Crippen molar-refractivity contribution in [2.24, 2.45) is 0 Å². The van der Waals surface area contributed by atoms with Crippen molar-refractivity contribution in [3.8, 4) is 5.75 Å². The van der Waals surface area contributed by atoms with Crippen molar-refractivity contribution in [1.29, 1.82) is 0 Å². The van der Waals surface area contributed by atoms with E-state index < -0.39 is 0 Å². The van der Waals surface area contributed by atoms with Crippen molar-refractivity contribution in [3.05, 3.63) is 60.3 Å². The molecule has 0 aromatic heterocycles. The maximum atomic E-state index is 5.91. The molecule has 0 saturated carbocycles. The molecular formula is C22H26N4OS. The van der Waals surface area contributed by atoms with Gasteiger partial charge in [0.25, 0.3) is 0 Å². The van der Waals surface area contributed by atoms with E-state index in [0.29, 0.717) is 0 Å². The van der Waals surface area contributed by atoms with Crippen molar-refractivity contribution in [2.75, 3.05) is 43.4 Å². The summed E-state index contributed by atoms with van der Waals surface area (Å²) in [7, 11) is 0. The number of benzene rings is 2. The van der Waals surface area contributed by atoms with Crippen molar-refractivity contribution < 1.29 is 4.74 Å². The van der Waals surface area contributed by atoms with Crippen molar-refractivity contribution >= 4 is 34.3 Å². The Labute approximate surface area is 171 Å². The van der Waals surface area contributed by atoms with E-state index in [-0.39, 0.29) is 0 Å². The third-order valence-corrected chi connectivity index (χ3v) is 5.63. The molecule has 2 aliphatic rings. The second-order valence-electron chi connectivity index (χ2n) is 7.14. The van der Waals surface area contributed by atoms with Crippen LogP contribution in [-0.2, 0) is 0 Å². The molecule has 0 spiro atoms. The first-order valence-electron chi connectivity index (χ1n) is 9.78. The zero-order valence-corrected chi connectivity index (χ0v) is 16.8. The Kier molecular flexibility index (Phi) is 5.67. The highest BCUT2D eigenvalue weighted by atomic mass is 32.1. The lowest BCUT2D eigenvalue weighted by molar-refractivity contribution is 0.318. The summed E-state index contributed by atoms with van der Waals surface area (Å²) in [6.07, 6.45) is 4.05. The molecule has 0 unspecified atom stereocenters. The molecule has 5 nitrogen and oxygen atoms in total. The summed E-state index contributed by atoms with van der Waals surface area (Å²) >= 11 is 5.65. The zero-order valence-electron chi connectivity index (χ0n) is 15.9. The number of hydrogen-bond acceptors (Lipinski definition) is 4. The maximum Gasteiger partial charge on any atom is 0.173 e. The average Bonchev–Trinajstić information content (AvgIpc) is 2.94. The van der Waals surface area contributed by atoms with Crippen molar-refractivity contribution in [3.63, 3.8) is 0 Å². The van der Waals surface area contributed by atoms with Gasteiger partial charge in [0.05, 0.1) is 6.61 Å². The molecule has 1 fully saturated rings. The van der Waals surface area contributed by atoms with Crippen LogP contribution in [0, 0.1) is 0 Å². The second kappa shape index (κ2) is 8.52. The van der Waals surface area contributed by atoms with Gasteiger partial charge in [-0.3, -0.25) is 0 Å². The van der Waals surface area contributed by atoms with Crippen molar-refractivity contribution in [1.82, 2.24) is 10.2 Å². The Balaban J connectivity index is 1.37. The van der Waals surface area contributed by atoms with Gasteiger partial charge in [-0.05, 0) is 54.9 Å². The number of allylic oxidation sites excluding steroid dienone is 1. The SMILES string of the molecule is Nc1cccc(N2CCN(C(=S)N/C=C3/CCCOc4ccccc43)CC2)c1. The average molecular weight is 395 g/mol. The van der Waals surface area contributed by atoms with Gasteiger partial charge in [0, 0.05) is 49.3 Å². The molecule has 2 aliphatic heterocycles. The van der Waals surface area contributed by atoms with E-state index in [4.69, 9.17) is 22.7 Å². The number of nitrogens with two attached hydrogens (primary N) is 1. The first-order chi connectivity index (χ1) is 13.7.